The molecule has 1 N–H and O–H groups in total. The molecular weight excluding hydrogens is 216 g/mol. The van der Waals surface area contributed by atoms with Crippen molar-refractivity contribution in [1.29, 1.82) is 0 Å². The van der Waals surface area contributed by atoms with Crippen LogP contribution in [0, 0.1) is 0 Å². The van der Waals surface area contributed by atoms with Gasteiger partial charge in [0.05, 0.1) is 5.56 Å². The quantitative estimate of drug-likeness (QED) is 0.628. The Labute approximate surface area is 101 Å². The first-order chi connectivity index (χ1) is 8.16. The minimum atomic E-state index is -0.684. The third kappa shape index (κ3) is 2.94. The number of hydrogen-bond acceptors (Lipinski definition) is 3. The van der Waals surface area contributed by atoms with Gasteiger partial charge in [0.2, 0.25) is 0 Å². The summed E-state index contributed by atoms with van der Waals surface area (Å²) in [5, 5.41) is 9.78. The van der Waals surface area contributed by atoms with Crippen molar-refractivity contribution in [2.45, 2.75) is 32.0 Å². The Bertz CT molecular complexity index is 422. The summed E-state index contributed by atoms with van der Waals surface area (Å²) in [6, 6.07) is 8.84. The molecule has 1 aliphatic rings. The number of aliphatic hydroxyl groups excluding tert-OH is 1. The lowest BCUT2D eigenvalue weighted by atomic mass is 9.96. The summed E-state index contributed by atoms with van der Waals surface area (Å²) >= 11 is 0. The Hall–Kier alpha value is -1.61. The third-order valence-electron chi connectivity index (χ3n) is 2.93. The minimum absolute atomic E-state index is 0.373. The second-order valence-corrected chi connectivity index (χ2v) is 4.35. The van der Waals surface area contributed by atoms with Crippen molar-refractivity contribution in [3.8, 4) is 0 Å². The number of carbonyl (C=O) groups is 1. The Kier molecular flexibility index (Phi) is 3.59. The Morgan fingerprint density at radius 2 is 2.06 bits per heavy atom. The summed E-state index contributed by atoms with van der Waals surface area (Å²) in [5.74, 6) is -0.373. The van der Waals surface area contributed by atoms with E-state index in [9.17, 15) is 9.90 Å². The topological polar surface area (TPSA) is 46.5 Å². The Morgan fingerprint density at radius 1 is 1.35 bits per heavy atom. The van der Waals surface area contributed by atoms with E-state index >= 15 is 0 Å². The van der Waals surface area contributed by atoms with Gasteiger partial charge in [-0.3, -0.25) is 0 Å². The van der Waals surface area contributed by atoms with Crippen LogP contribution in [-0.2, 0) is 4.74 Å². The van der Waals surface area contributed by atoms with E-state index in [0.717, 1.165) is 12.0 Å². The first-order valence-corrected chi connectivity index (χ1v) is 5.78. The fourth-order valence-electron chi connectivity index (χ4n) is 1.93. The van der Waals surface area contributed by atoms with Crippen molar-refractivity contribution in [3.63, 3.8) is 0 Å². The molecule has 0 saturated carbocycles. The molecule has 1 aromatic rings. The van der Waals surface area contributed by atoms with E-state index in [1.807, 2.05) is 13.0 Å². The number of rotatable bonds is 2. The highest BCUT2D eigenvalue weighted by molar-refractivity contribution is 5.89. The summed E-state index contributed by atoms with van der Waals surface area (Å²) in [5.41, 5.74) is 1.66. The average molecular weight is 232 g/mol. The predicted molar refractivity (Wildman–Crippen MR) is 64.6 cm³/mol. The maximum Gasteiger partial charge on any atom is 0.338 e. The van der Waals surface area contributed by atoms with Gasteiger partial charge in [0.15, 0.2) is 0 Å². The molecule has 17 heavy (non-hydrogen) atoms. The van der Waals surface area contributed by atoms with E-state index < -0.39 is 12.2 Å². The average Bonchev–Trinajstić information content (AvgIpc) is 2.34. The van der Waals surface area contributed by atoms with Crippen molar-refractivity contribution in [1.82, 2.24) is 0 Å². The molecule has 1 aliphatic carbocycles. The molecule has 2 atom stereocenters. The number of carbonyl (C=O) groups excluding carboxylic acids is 1. The molecule has 3 nitrogen and oxygen atoms in total. The van der Waals surface area contributed by atoms with Gasteiger partial charge >= 0.3 is 5.97 Å². The first-order valence-electron chi connectivity index (χ1n) is 5.78. The molecule has 2 rings (SSSR count). The van der Waals surface area contributed by atoms with Crippen LogP contribution in [0.2, 0.25) is 0 Å². The monoisotopic (exact) mass is 232 g/mol. The molecule has 0 heterocycles. The van der Waals surface area contributed by atoms with Crippen LogP contribution in [0.3, 0.4) is 0 Å². The van der Waals surface area contributed by atoms with Crippen LogP contribution >= 0.6 is 0 Å². The fraction of sp³-hybridized carbons (Fsp3) is 0.357. The molecule has 0 amide bonds. The van der Waals surface area contributed by atoms with Gasteiger partial charge in [-0.1, -0.05) is 29.8 Å². The number of aliphatic hydroxyl groups is 1. The predicted octanol–water partition coefficient (Wildman–Crippen LogP) is 2.31. The lowest BCUT2D eigenvalue weighted by molar-refractivity contribution is -0.00971. The van der Waals surface area contributed by atoms with E-state index in [1.165, 1.54) is 0 Å². The van der Waals surface area contributed by atoms with E-state index in [2.05, 4.69) is 0 Å². The highest BCUT2D eigenvalue weighted by Gasteiger charge is 2.25. The number of allylic oxidation sites excluding steroid dienone is 1. The van der Waals surface area contributed by atoms with Crippen LogP contribution in [0.4, 0.5) is 0 Å². The van der Waals surface area contributed by atoms with E-state index in [4.69, 9.17) is 4.74 Å². The largest absolute Gasteiger partial charge is 0.456 e. The normalized spacial score (nSPS) is 24.0. The van der Waals surface area contributed by atoms with Crippen molar-refractivity contribution in [2.75, 3.05) is 0 Å². The number of hydrogen-bond donors (Lipinski definition) is 1. The van der Waals surface area contributed by atoms with Crippen LogP contribution < -0.4 is 0 Å². The van der Waals surface area contributed by atoms with Gasteiger partial charge in [0, 0.05) is 0 Å². The summed E-state index contributed by atoms with van der Waals surface area (Å²) < 4.78 is 5.30. The summed E-state index contributed by atoms with van der Waals surface area (Å²) in [7, 11) is 0. The van der Waals surface area contributed by atoms with E-state index in [1.54, 1.807) is 30.3 Å². The minimum Gasteiger partial charge on any atom is -0.456 e. The summed E-state index contributed by atoms with van der Waals surface area (Å²) in [4.78, 5) is 11.8. The van der Waals surface area contributed by atoms with Gasteiger partial charge < -0.3 is 9.84 Å². The zero-order valence-electron chi connectivity index (χ0n) is 9.80. The lowest BCUT2D eigenvalue weighted by Gasteiger charge is -2.25. The van der Waals surface area contributed by atoms with Crippen LogP contribution in [0.25, 0.3) is 0 Å². The van der Waals surface area contributed by atoms with Crippen molar-refractivity contribution in [2.24, 2.45) is 0 Å². The molecule has 0 spiro atoms. The fourth-order valence-corrected chi connectivity index (χ4v) is 1.93. The van der Waals surface area contributed by atoms with E-state index in [-0.39, 0.29) is 5.97 Å². The zero-order valence-corrected chi connectivity index (χ0v) is 9.80. The van der Waals surface area contributed by atoms with E-state index in [0.29, 0.717) is 12.0 Å². The van der Waals surface area contributed by atoms with Gasteiger partial charge in [-0.05, 0) is 31.9 Å². The zero-order chi connectivity index (χ0) is 12.3. The molecule has 0 aromatic heterocycles. The summed E-state index contributed by atoms with van der Waals surface area (Å²) in [6.07, 6.45) is 2.20. The molecule has 0 aliphatic heterocycles. The molecule has 0 fully saturated rings. The van der Waals surface area contributed by atoms with Crippen molar-refractivity contribution in [3.05, 3.63) is 47.5 Å². The van der Waals surface area contributed by atoms with Crippen LogP contribution in [0.5, 0.6) is 0 Å². The van der Waals surface area contributed by atoms with Crippen molar-refractivity contribution >= 4 is 5.97 Å². The summed E-state index contributed by atoms with van der Waals surface area (Å²) in [6.45, 7) is 1.97. The molecular formula is C14H16O3. The van der Waals surface area contributed by atoms with Gasteiger partial charge in [-0.15, -0.1) is 0 Å². The standard InChI is InChI=1S/C14H16O3/c1-10-7-8-13(12(15)9-10)17-14(16)11-5-3-2-4-6-11/h2-6,9,12-13,15H,7-8H2,1H3/t12-,13-/m0/s1. The number of ether oxygens (including phenoxy) is 1. The maximum absolute atomic E-state index is 11.8. The number of esters is 1. The SMILES string of the molecule is CC1=C[C@H](O)[C@@H](OC(=O)c2ccccc2)CC1. The second-order valence-electron chi connectivity index (χ2n) is 4.35. The van der Waals surface area contributed by atoms with Gasteiger partial charge in [-0.25, -0.2) is 4.79 Å². The number of benzene rings is 1. The van der Waals surface area contributed by atoms with Gasteiger partial charge in [0.1, 0.15) is 12.2 Å². The molecule has 0 radical (unpaired) electrons. The molecule has 0 saturated heterocycles. The Morgan fingerprint density at radius 3 is 2.71 bits per heavy atom. The van der Waals surface area contributed by atoms with Crippen LogP contribution in [-0.4, -0.2) is 23.3 Å². The third-order valence-corrected chi connectivity index (χ3v) is 2.93. The maximum atomic E-state index is 11.8. The van der Waals surface area contributed by atoms with Crippen molar-refractivity contribution < 1.29 is 14.6 Å². The highest BCUT2D eigenvalue weighted by Crippen LogP contribution is 2.21. The molecule has 0 unspecified atom stereocenters. The lowest BCUT2D eigenvalue weighted by Crippen LogP contribution is -2.32. The first kappa shape index (κ1) is 11.9. The smallest absolute Gasteiger partial charge is 0.338 e. The second kappa shape index (κ2) is 5.15. The van der Waals surface area contributed by atoms with Crippen LogP contribution in [0.15, 0.2) is 42.0 Å². The van der Waals surface area contributed by atoms with Crippen LogP contribution in [0.1, 0.15) is 30.1 Å². The molecule has 0 bridgehead atoms. The van der Waals surface area contributed by atoms with Gasteiger partial charge in [-0.2, -0.15) is 0 Å². The van der Waals surface area contributed by atoms with Gasteiger partial charge in [0.25, 0.3) is 0 Å². The highest BCUT2D eigenvalue weighted by atomic mass is 16.6. The Balaban J connectivity index is 2.01. The molecule has 90 valence electrons. The molecule has 1 aromatic carbocycles. The molecule has 3 heteroatoms.